The third-order valence-electron chi connectivity index (χ3n) is 1.73. The van der Waals surface area contributed by atoms with Crippen LogP contribution in [0.2, 0.25) is 0 Å². The SMILES string of the molecule is CC(C)OC(=O)NS(=O)(=O)NCCCCCN. The van der Waals surface area contributed by atoms with Gasteiger partial charge in [0.15, 0.2) is 0 Å². The zero-order valence-corrected chi connectivity index (χ0v) is 11.0. The molecule has 0 bridgehead atoms. The summed E-state index contributed by atoms with van der Waals surface area (Å²) in [5, 5.41) is 0. The van der Waals surface area contributed by atoms with Crippen LogP contribution in [-0.2, 0) is 14.9 Å². The van der Waals surface area contributed by atoms with Crippen molar-refractivity contribution in [2.24, 2.45) is 5.73 Å². The standard InChI is InChI=1S/C9H21N3O4S/c1-8(2)16-9(13)12-17(14,15)11-7-5-3-4-6-10/h8,11H,3-7,10H2,1-2H3,(H,12,13). The van der Waals surface area contributed by atoms with Crippen LogP contribution in [0.1, 0.15) is 33.1 Å². The van der Waals surface area contributed by atoms with Gasteiger partial charge < -0.3 is 10.5 Å². The van der Waals surface area contributed by atoms with Crippen LogP contribution in [-0.4, -0.2) is 33.7 Å². The van der Waals surface area contributed by atoms with Crippen molar-refractivity contribution in [3.8, 4) is 0 Å². The van der Waals surface area contributed by atoms with E-state index in [0.29, 0.717) is 13.0 Å². The third kappa shape index (κ3) is 10.0. The summed E-state index contributed by atoms with van der Waals surface area (Å²) in [6, 6.07) is 0. The van der Waals surface area contributed by atoms with Crippen LogP contribution in [0.3, 0.4) is 0 Å². The molecule has 102 valence electrons. The maximum atomic E-state index is 11.3. The zero-order valence-electron chi connectivity index (χ0n) is 10.2. The quantitative estimate of drug-likeness (QED) is 0.540. The summed E-state index contributed by atoms with van der Waals surface area (Å²) in [6.45, 7) is 4.12. The predicted octanol–water partition coefficient (Wildman–Crippen LogP) is 0.0844. The summed E-state index contributed by atoms with van der Waals surface area (Å²) < 4.78 is 31.3. The molecule has 17 heavy (non-hydrogen) atoms. The fraction of sp³-hybridized carbons (Fsp3) is 0.889. The van der Waals surface area contributed by atoms with Crippen LogP contribution in [0.5, 0.6) is 0 Å². The Bertz CT molecular complexity index is 316. The minimum atomic E-state index is -3.82. The molecule has 7 nitrogen and oxygen atoms in total. The van der Waals surface area contributed by atoms with E-state index in [9.17, 15) is 13.2 Å². The number of unbranched alkanes of at least 4 members (excludes halogenated alkanes) is 2. The number of nitrogens with one attached hydrogen (secondary N) is 2. The number of nitrogens with two attached hydrogens (primary N) is 1. The number of hydrogen-bond acceptors (Lipinski definition) is 5. The van der Waals surface area contributed by atoms with Gasteiger partial charge in [-0.1, -0.05) is 6.42 Å². The van der Waals surface area contributed by atoms with Gasteiger partial charge in [-0.3, -0.25) is 0 Å². The fourth-order valence-electron chi connectivity index (χ4n) is 1.04. The van der Waals surface area contributed by atoms with E-state index < -0.39 is 16.3 Å². The van der Waals surface area contributed by atoms with Gasteiger partial charge in [0.25, 0.3) is 0 Å². The third-order valence-corrected chi connectivity index (χ3v) is 2.75. The van der Waals surface area contributed by atoms with Crippen LogP contribution in [0, 0.1) is 0 Å². The Balaban J connectivity index is 3.84. The summed E-state index contributed by atoms with van der Waals surface area (Å²) >= 11 is 0. The number of amides is 1. The summed E-state index contributed by atoms with van der Waals surface area (Å²) in [4.78, 5) is 11.0. The second-order valence-corrected chi connectivity index (χ2v) is 5.30. The highest BCUT2D eigenvalue weighted by molar-refractivity contribution is 7.88. The highest BCUT2D eigenvalue weighted by atomic mass is 32.2. The van der Waals surface area contributed by atoms with Gasteiger partial charge in [0, 0.05) is 6.54 Å². The largest absolute Gasteiger partial charge is 0.446 e. The van der Waals surface area contributed by atoms with Crippen LogP contribution in [0.25, 0.3) is 0 Å². The Hall–Kier alpha value is -0.860. The lowest BCUT2D eigenvalue weighted by Crippen LogP contribution is -2.41. The summed E-state index contributed by atoms with van der Waals surface area (Å²) in [5.74, 6) is 0. The lowest BCUT2D eigenvalue weighted by molar-refractivity contribution is 0.121. The normalized spacial score (nSPS) is 11.5. The molecule has 0 aromatic heterocycles. The molecular weight excluding hydrogens is 246 g/mol. The molecule has 8 heteroatoms. The number of carbonyl (C=O) groups excluding carboxylic acids is 1. The van der Waals surface area contributed by atoms with Gasteiger partial charge in [0.05, 0.1) is 6.10 Å². The molecule has 0 aromatic rings. The Kier molecular flexibility index (Phi) is 7.85. The smallest absolute Gasteiger partial charge is 0.422 e. The number of carbonyl (C=O) groups is 1. The molecule has 0 aliphatic rings. The van der Waals surface area contributed by atoms with E-state index in [1.54, 1.807) is 18.6 Å². The van der Waals surface area contributed by atoms with Crippen molar-refractivity contribution >= 4 is 16.3 Å². The Morgan fingerprint density at radius 2 is 1.94 bits per heavy atom. The molecule has 1 amide bonds. The molecule has 4 N–H and O–H groups in total. The first-order chi connectivity index (χ1) is 7.87. The molecule has 0 saturated carbocycles. The molecule has 0 saturated heterocycles. The minimum absolute atomic E-state index is 0.268. The number of hydrogen-bond donors (Lipinski definition) is 3. The highest BCUT2D eigenvalue weighted by Crippen LogP contribution is 1.93. The van der Waals surface area contributed by atoms with E-state index in [1.165, 1.54) is 0 Å². The predicted molar refractivity (Wildman–Crippen MR) is 64.6 cm³/mol. The number of ether oxygens (including phenoxy) is 1. The van der Waals surface area contributed by atoms with Gasteiger partial charge >= 0.3 is 16.3 Å². The molecule has 0 aromatic carbocycles. The van der Waals surface area contributed by atoms with Crippen molar-refractivity contribution in [3.63, 3.8) is 0 Å². The van der Waals surface area contributed by atoms with Gasteiger partial charge in [-0.25, -0.2) is 9.52 Å². The topological polar surface area (TPSA) is 111 Å². The molecule has 0 heterocycles. The molecule has 0 atom stereocenters. The molecule has 0 aliphatic carbocycles. The molecule has 0 spiro atoms. The van der Waals surface area contributed by atoms with Crippen LogP contribution in [0.15, 0.2) is 0 Å². The Labute approximate surface area is 102 Å². The van der Waals surface area contributed by atoms with Crippen molar-refractivity contribution in [2.45, 2.75) is 39.2 Å². The summed E-state index contributed by atoms with van der Waals surface area (Å²) in [7, 11) is -3.82. The maximum absolute atomic E-state index is 11.3. The second-order valence-electron chi connectivity index (χ2n) is 3.80. The Morgan fingerprint density at radius 1 is 1.29 bits per heavy atom. The summed E-state index contributed by atoms with van der Waals surface area (Å²) in [6.07, 6.45) is 1.03. The van der Waals surface area contributed by atoms with Crippen molar-refractivity contribution < 1.29 is 17.9 Å². The van der Waals surface area contributed by atoms with Gasteiger partial charge in [0.2, 0.25) is 0 Å². The van der Waals surface area contributed by atoms with E-state index in [-0.39, 0.29) is 12.6 Å². The van der Waals surface area contributed by atoms with E-state index in [1.807, 2.05) is 0 Å². The highest BCUT2D eigenvalue weighted by Gasteiger charge is 2.15. The molecule has 0 fully saturated rings. The van der Waals surface area contributed by atoms with Gasteiger partial charge in [-0.2, -0.15) is 13.1 Å². The van der Waals surface area contributed by atoms with Crippen LogP contribution >= 0.6 is 0 Å². The monoisotopic (exact) mass is 267 g/mol. The maximum Gasteiger partial charge on any atom is 0.422 e. The van der Waals surface area contributed by atoms with Gasteiger partial charge in [-0.15, -0.1) is 0 Å². The van der Waals surface area contributed by atoms with E-state index in [2.05, 4.69) is 9.46 Å². The van der Waals surface area contributed by atoms with Crippen molar-refractivity contribution in [1.29, 1.82) is 0 Å². The molecule has 0 unspecified atom stereocenters. The van der Waals surface area contributed by atoms with E-state index in [0.717, 1.165) is 12.8 Å². The Morgan fingerprint density at radius 3 is 2.47 bits per heavy atom. The number of rotatable bonds is 8. The second kappa shape index (κ2) is 8.26. The average Bonchev–Trinajstić information content (AvgIpc) is 2.14. The van der Waals surface area contributed by atoms with E-state index >= 15 is 0 Å². The first-order valence-corrected chi connectivity index (χ1v) is 7.04. The first kappa shape index (κ1) is 16.1. The van der Waals surface area contributed by atoms with Crippen LogP contribution < -0.4 is 15.2 Å². The lowest BCUT2D eigenvalue weighted by Gasteiger charge is -2.10. The average molecular weight is 267 g/mol. The van der Waals surface area contributed by atoms with Gasteiger partial charge in [-0.05, 0) is 33.2 Å². The first-order valence-electron chi connectivity index (χ1n) is 5.55. The fourth-order valence-corrected chi connectivity index (χ4v) is 1.79. The molecule has 0 rings (SSSR count). The summed E-state index contributed by atoms with van der Waals surface area (Å²) in [5.41, 5.74) is 5.30. The van der Waals surface area contributed by atoms with Crippen LogP contribution in [0.4, 0.5) is 4.79 Å². The van der Waals surface area contributed by atoms with Crippen molar-refractivity contribution in [2.75, 3.05) is 13.1 Å². The zero-order chi connectivity index (χ0) is 13.3. The molecular formula is C9H21N3O4S. The van der Waals surface area contributed by atoms with E-state index in [4.69, 9.17) is 5.73 Å². The molecule has 0 radical (unpaired) electrons. The molecule has 0 aliphatic heterocycles. The van der Waals surface area contributed by atoms with Gasteiger partial charge in [0.1, 0.15) is 0 Å². The van der Waals surface area contributed by atoms with Crippen molar-refractivity contribution in [3.05, 3.63) is 0 Å². The lowest BCUT2D eigenvalue weighted by atomic mass is 10.2. The minimum Gasteiger partial charge on any atom is -0.446 e. The van der Waals surface area contributed by atoms with Crippen molar-refractivity contribution in [1.82, 2.24) is 9.44 Å².